The third kappa shape index (κ3) is 5.42. The van der Waals surface area contributed by atoms with Gasteiger partial charge in [-0.15, -0.1) is 12.6 Å². The average molecular weight is 331 g/mol. The number of hydrogen-bond donors (Lipinski definition) is 2. The number of hydrogen-bond acceptors (Lipinski definition) is 3. The molecule has 0 aliphatic carbocycles. The maximum absolute atomic E-state index is 11.9. The first-order valence-corrected chi connectivity index (χ1v) is 7.16. The molecule has 0 saturated heterocycles. The van der Waals surface area contributed by atoms with Crippen molar-refractivity contribution in [1.29, 1.82) is 0 Å². The molecule has 1 rings (SSSR count). The van der Waals surface area contributed by atoms with Gasteiger partial charge in [-0.1, -0.05) is 0 Å². The van der Waals surface area contributed by atoms with Gasteiger partial charge in [0.25, 0.3) is 5.91 Å². The number of thiol groups is 1. The van der Waals surface area contributed by atoms with Crippen molar-refractivity contribution >= 4 is 34.5 Å². The third-order valence-corrected chi connectivity index (χ3v) is 3.48. The first kappa shape index (κ1) is 15.5. The van der Waals surface area contributed by atoms with E-state index in [1.165, 1.54) is 0 Å². The fraction of sp³-hybridized carbons (Fsp3) is 0.462. The van der Waals surface area contributed by atoms with E-state index in [0.29, 0.717) is 12.1 Å². The second-order valence-electron chi connectivity index (χ2n) is 4.43. The predicted octanol–water partition coefficient (Wildman–Crippen LogP) is 2.81. The Hall–Kier alpha value is -0.520. The summed E-state index contributed by atoms with van der Waals surface area (Å²) >= 11 is 7.61. The number of amides is 1. The summed E-state index contributed by atoms with van der Waals surface area (Å²) in [4.78, 5) is 14.9. The van der Waals surface area contributed by atoms with Crippen molar-refractivity contribution < 1.29 is 4.79 Å². The average Bonchev–Trinajstić information content (AvgIpc) is 2.31. The van der Waals surface area contributed by atoms with Crippen LogP contribution < -0.4 is 5.32 Å². The maximum atomic E-state index is 11.9. The predicted molar refractivity (Wildman–Crippen MR) is 81.5 cm³/mol. The molecule has 0 saturated carbocycles. The molecule has 1 aromatic carbocycles. The molecule has 1 amide bonds. The van der Waals surface area contributed by atoms with Crippen LogP contribution in [0.15, 0.2) is 27.6 Å². The van der Waals surface area contributed by atoms with E-state index in [-0.39, 0.29) is 5.91 Å². The zero-order chi connectivity index (χ0) is 13.5. The highest BCUT2D eigenvalue weighted by atomic mass is 79.9. The van der Waals surface area contributed by atoms with Crippen molar-refractivity contribution in [3.05, 3.63) is 28.2 Å². The van der Waals surface area contributed by atoms with Crippen LogP contribution in [-0.2, 0) is 0 Å². The number of unbranched alkanes of at least 4 members (excludes halogenated alkanes) is 1. The molecular formula is C13H19BrN2OS. The number of rotatable bonds is 6. The fourth-order valence-corrected chi connectivity index (χ4v) is 2.17. The SMILES string of the molecule is CN(C)CCCCNC(=O)c1cc(S)ccc1Br. The lowest BCUT2D eigenvalue weighted by molar-refractivity contribution is 0.0952. The van der Waals surface area contributed by atoms with Gasteiger partial charge in [0, 0.05) is 15.9 Å². The third-order valence-electron chi connectivity index (χ3n) is 2.51. The molecule has 0 heterocycles. The molecule has 0 atom stereocenters. The maximum Gasteiger partial charge on any atom is 0.252 e. The minimum Gasteiger partial charge on any atom is -0.352 e. The molecule has 0 aromatic heterocycles. The highest BCUT2D eigenvalue weighted by molar-refractivity contribution is 9.10. The van der Waals surface area contributed by atoms with Crippen molar-refractivity contribution in [2.45, 2.75) is 17.7 Å². The molecule has 0 aliphatic heterocycles. The van der Waals surface area contributed by atoms with Crippen molar-refractivity contribution in [3.8, 4) is 0 Å². The molecule has 0 radical (unpaired) electrons. The van der Waals surface area contributed by atoms with Gasteiger partial charge in [0.15, 0.2) is 0 Å². The number of carbonyl (C=O) groups is 1. The molecule has 1 N–H and O–H groups in total. The van der Waals surface area contributed by atoms with Crippen LogP contribution in [-0.4, -0.2) is 38.0 Å². The number of carbonyl (C=O) groups excluding carboxylic acids is 1. The molecule has 3 nitrogen and oxygen atoms in total. The van der Waals surface area contributed by atoms with Crippen molar-refractivity contribution in [3.63, 3.8) is 0 Å². The Labute approximate surface area is 122 Å². The highest BCUT2D eigenvalue weighted by Gasteiger charge is 2.09. The van der Waals surface area contributed by atoms with E-state index >= 15 is 0 Å². The second-order valence-corrected chi connectivity index (χ2v) is 5.80. The molecule has 100 valence electrons. The van der Waals surface area contributed by atoms with Crippen LogP contribution in [0.5, 0.6) is 0 Å². The first-order valence-electron chi connectivity index (χ1n) is 5.92. The van der Waals surface area contributed by atoms with Crippen LogP contribution in [0.3, 0.4) is 0 Å². The Kier molecular flexibility index (Phi) is 6.75. The Bertz CT molecular complexity index is 410. The summed E-state index contributed by atoms with van der Waals surface area (Å²) in [7, 11) is 4.10. The highest BCUT2D eigenvalue weighted by Crippen LogP contribution is 2.20. The number of benzene rings is 1. The summed E-state index contributed by atoms with van der Waals surface area (Å²) in [6.07, 6.45) is 2.07. The minimum atomic E-state index is -0.0531. The van der Waals surface area contributed by atoms with E-state index in [2.05, 4.69) is 38.8 Å². The number of nitrogens with zero attached hydrogens (tertiary/aromatic N) is 1. The zero-order valence-electron chi connectivity index (χ0n) is 10.7. The molecule has 0 spiro atoms. The van der Waals surface area contributed by atoms with Gasteiger partial charge < -0.3 is 10.2 Å². The van der Waals surface area contributed by atoms with E-state index in [9.17, 15) is 4.79 Å². The molecule has 1 aromatic rings. The van der Waals surface area contributed by atoms with Gasteiger partial charge in [0.05, 0.1) is 5.56 Å². The van der Waals surface area contributed by atoms with Gasteiger partial charge in [-0.05, 0) is 67.6 Å². The van der Waals surface area contributed by atoms with Gasteiger partial charge in [0.1, 0.15) is 0 Å². The monoisotopic (exact) mass is 330 g/mol. The van der Waals surface area contributed by atoms with Gasteiger partial charge in [0.2, 0.25) is 0 Å². The second kappa shape index (κ2) is 7.81. The van der Waals surface area contributed by atoms with Gasteiger partial charge >= 0.3 is 0 Å². The molecule has 5 heteroatoms. The van der Waals surface area contributed by atoms with E-state index in [0.717, 1.165) is 28.8 Å². The number of halogens is 1. The van der Waals surface area contributed by atoms with Crippen molar-refractivity contribution in [2.75, 3.05) is 27.2 Å². The summed E-state index contributed by atoms with van der Waals surface area (Å²) in [6.45, 7) is 1.75. The molecule has 0 fully saturated rings. The summed E-state index contributed by atoms with van der Waals surface area (Å²) in [5.41, 5.74) is 0.634. The van der Waals surface area contributed by atoms with Crippen molar-refractivity contribution in [1.82, 2.24) is 10.2 Å². The summed E-state index contributed by atoms with van der Waals surface area (Å²) < 4.78 is 0.797. The summed E-state index contributed by atoms with van der Waals surface area (Å²) in [5.74, 6) is -0.0531. The molecule has 0 bridgehead atoms. The molecule has 18 heavy (non-hydrogen) atoms. The molecule has 0 aliphatic rings. The Morgan fingerprint density at radius 2 is 2.11 bits per heavy atom. The van der Waals surface area contributed by atoms with E-state index in [4.69, 9.17) is 0 Å². The summed E-state index contributed by atoms with van der Waals surface area (Å²) in [6, 6.07) is 5.45. The van der Waals surface area contributed by atoms with Crippen LogP contribution in [0, 0.1) is 0 Å². The van der Waals surface area contributed by atoms with E-state index in [1.54, 1.807) is 6.07 Å². The number of nitrogens with one attached hydrogen (secondary N) is 1. The van der Waals surface area contributed by atoms with Crippen molar-refractivity contribution in [2.24, 2.45) is 0 Å². The Morgan fingerprint density at radius 1 is 1.39 bits per heavy atom. The van der Waals surface area contributed by atoms with Gasteiger partial charge in [-0.3, -0.25) is 4.79 Å². The lowest BCUT2D eigenvalue weighted by Crippen LogP contribution is -2.25. The van der Waals surface area contributed by atoms with E-state index < -0.39 is 0 Å². The standard InChI is InChI=1S/C13H19BrN2OS/c1-16(2)8-4-3-7-15-13(17)11-9-10(18)5-6-12(11)14/h5-6,9,18H,3-4,7-8H2,1-2H3,(H,15,17). The lowest BCUT2D eigenvalue weighted by Gasteiger charge is -2.10. The van der Waals surface area contributed by atoms with Crippen LogP contribution in [0.1, 0.15) is 23.2 Å². The van der Waals surface area contributed by atoms with Crippen LogP contribution in [0.25, 0.3) is 0 Å². The Morgan fingerprint density at radius 3 is 2.78 bits per heavy atom. The molecular weight excluding hydrogens is 312 g/mol. The van der Waals surface area contributed by atoms with Gasteiger partial charge in [-0.25, -0.2) is 0 Å². The normalized spacial score (nSPS) is 10.7. The fourth-order valence-electron chi connectivity index (χ4n) is 1.54. The van der Waals surface area contributed by atoms with Gasteiger partial charge in [-0.2, -0.15) is 0 Å². The first-order chi connectivity index (χ1) is 8.50. The molecule has 0 unspecified atom stereocenters. The quantitative estimate of drug-likeness (QED) is 0.621. The smallest absolute Gasteiger partial charge is 0.252 e. The lowest BCUT2D eigenvalue weighted by atomic mass is 10.2. The van der Waals surface area contributed by atoms with Crippen LogP contribution >= 0.6 is 28.6 Å². The topological polar surface area (TPSA) is 32.3 Å². The summed E-state index contributed by atoms with van der Waals surface area (Å²) in [5, 5.41) is 2.92. The minimum absolute atomic E-state index is 0.0531. The van der Waals surface area contributed by atoms with Crippen LogP contribution in [0.2, 0.25) is 0 Å². The zero-order valence-corrected chi connectivity index (χ0v) is 13.2. The van der Waals surface area contributed by atoms with E-state index in [1.807, 2.05) is 26.2 Å². The van der Waals surface area contributed by atoms with Crippen LogP contribution in [0.4, 0.5) is 0 Å². The largest absolute Gasteiger partial charge is 0.352 e. The Balaban J connectivity index is 2.39.